The van der Waals surface area contributed by atoms with Gasteiger partial charge in [0.15, 0.2) is 0 Å². The second-order valence-electron chi connectivity index (χ2n) is 9.59. The minimum absolute atomic E-state index is 0.292. The van der Waals surface area contributed by atoms with Crippen LogP contribution >= 0.6 is 0 Å². The van der Waals surface area contributed by atoms with E-state index in [2.05, 4.69) is 37.2 Å². The molecule has 2 amide bonds. The number of para-hydroxylation sites is 2. The maximum absolute atomic E-state index is 13.4. The quantitative estimate of drug-likeness (QED) is 0.219. The molecule has 11 heteroatoms. The van der Waals surface area contributed by atoms with Gasteiger partial charge in [-0.2, -0.15) is 5.26 Å². The zero-order valence-corrected chi connectivity index (χ0v) is 23.8. The SMILES string of the molecule is CNC(=O)c1ccccc1NC(=O)c1ccccc1Nc1cc(Nc2ccc(N3CCOCC3)cc2OC)ncc1C#N. The fourth-order valence-electron chi connectivity index (χ4n) is 4.71. The molecule has 0 atom stereocenters. The van der Waals surface area contributed by atoms with Crippen molar-refractivity contribution < 1.29 is 19.1 Å². The molecule has 4 aromatic rings. The first kappa shape index (κ1) is 28.9. The monoisotopic (exact) mass is 577 g/mol. The Kier molecular flexibility index (Phi) is 8.99. The molecule has 218 valence electrons. The fraction of sp³-hybridized carbons (Fsp3) is 0.188. The summed E-state index contributed by atoms with van der Waals surface area (Å²) < 4.78 is 11.1. The molecule has 0 radical (unpaired) electrons. The maximum Gasteiger partial charge on any atom is 0.257 e. The van der Waals surface area contributed by atoms with Crippen LogP contribution in [-0.4, -0.2) is 57.3 Å². The van der Waals surface area contributed by atoms with Crippen molar-refractivity contribution in [1.82, 2.24) is 10.3 Å². The molecule has 1 aromatic heterocycles. The third-order valence-electron chi connectivity index (χ3n) is 6.94. The molecule has 0 saturated carbocycles. The van der Waals surface area contributed by atoms with Gasteiger partial charge in [-0.15, -0.1) is 0 Å². The number of methoxy groups -OCH3 is 1. The van der Waals surface area contributed by atoms with Crippen LogP contribution < -0.4 is 30.9 Å². The van der Waals surface area contributed by atoms with Crippen LogP contribution in [0.25, 0.3) is 0 Å². The summed E-state index contributed by atoms with van der Waals surface area (Å²) in [5, 5.41) is 21.7. The summed E-state index contributed by atoms with van der Waals surface area (Å²) in [7, 11) is 3.14. The lowest BCUT2D eigenvalue weighted by molar-refractivity contribution is 0.0964. The number of amides is 2. The first-order valence-electron chi connectivity index (χ1n) is 13.7. The van der Waals surface area contributed by atoms with Crippen molar-refractivity contribution in [2.24, 2.45) is 0 Å². The molecule has 3 aromatic carbocycles. The van der Waals surface area contributed by atoms with Crippen molar-refractivity contribution in [3.05, 3.63) is 95.7 Å². The first-order chi connectivity index (χ1) is 21.0. The number of pyridine rings is 1. The molecule has 5 rings (SSSR count). The number of aromatic nitrogens is 1. The number of hydrogen-bond acceptors (Lipinski definition) is 9. The van der Waals surface area contributed by atoms with E-state index in [1.807, 2.05) is 18.2 Å². The van der Waals surface area contributed by atoms with Crippen LogP contribution in [0.3, 0.4) is 0 Å². The van der Waals surface area contributed by atoms with Crippen molar-refractivity contribution >= 4 is 46.1 Å². The van der Waals surface area contributed by atoms with Gasteiger partial charge in [-0.25, -0.2) is 4.98 Å². The molecule has 2 heterocycles. The van der Waals surface area contributed by atoms with Gasteiger partial charge in [0.05, 0.1) is 59.8 Å². The predicted octanol–water partition coefficient (Wildman–Crippen LogP) is 4.90. The molecular weight excluding hydrogens is 546 g/mol. The number of ether oxygens (including phenoxy) is 2. The van der Waals surface area contributed by atoms with E-state index in [1.54, 1.807) is 61.7 Å². The van der Waals surface area contributed by atoms with Crippen molar-refractivity contribution in [2.45, 2.75) is 0 Å². The van der Waals surface area contributed by atoms with Gasteiger partial charge < -0.3 is 35.6 Å². The number of nitriles is 1. The maximum atomic E-state index is 13.4. The first-order valence-corrected chi connectivity index (χ1v) is 13.7. The average Bonchev–Trinajstić information content (AvgIpc) is 3.05. The van der Waals surface area contributed by atoms with Gasteiger partial charge in [0.1, 0.15) is 17.6 Å². The molecule has 1 fully saturated rings. The molecular formula is C32H31N7O4. The minimum Gasteiger partial charge on any atom is -0.494 e. The van der Waals surface area contributed by atoms with E-state index in [0.29, 0.717) is 64.2 Å². The summed E-state index contributed by atoms with van der Waals surface area (Å²) in [6.07, 6.45) is 1.46. The third-order valence-corrected chi connectivity index (χ3v) is 6.94. The van der Waals surface area contributed by atoms with Gasteiger partial charge in [0, 0.05) is 44.2 Å². The summed E-state index contributed by atoms with van der Waals surface area (Å²) >= 11 is 0. The summed E-state index contributed by atoms with van der Waals surface area (Å²) in [6.45, 7) is 2.98. The van der Waals surface area contributed by atoms with Crippen molar-refractivity contribution in [2.75, 3.05) is 61.3 Å². The Bertz CT molecular complexity index is 1680. The molecule has 4 N–H and O–H groups in total. The van der Waals surface area contributed by atoms with Crippen LogP contribution in [0.1, 0.15) is 26.3 Å². The number of benzene rings is 3. The van der Waals surface area contributed by atoms with Gasteiger partial charge >= 0.3 is 0 Å². The number of nitrogens with zero attached hydrogens (tertiary/aromatic N) is 3. The molecule has 1 saturated heterocycles. The largest absolute Gasteiger partial charge is 0.494 e. The van der Waals surface area contributed by atoms with Gasteiger partial charge in [-0.05, 0) is 36.4 Å². The molecule has 0 unspecified atom stereocenters. The number of rotatable bonds is 9. The number of morpholine rings is 1. The normalized spacial score (nSPS) is 12.5. The Morgan fingerprint density at radius 3 is 2.28 bits per heavy atom. The van der Waals surface area contributed by atoms with E-state index in [4.69, 9.17) is 9.47 Å². The zero-order valence-electron chi connectivity index (χ0n) is 23.8. The van der Waals surface area contributed by atoms with Crippen molar-refractivity contribution in [3.8, 4) is 11.8 Å². The molecule has 43 heavy (non-hydrogen) atoms. The average molecular weight is 578 g/mol. The zero-order chi connectivity index (χ0) is 30.2. The highest BCUT2D eigenvalue weighted by molar-refractivity contribution is 6.11. The summed E-state index contributed by atoms with van der Waals surface area (Å²) in [5.74, 6) is 0.379. The Morgan fingerprint density at radius 1 is 0.884 bits per heavy atom. The number of anilines is 6. The molecule has 0 bridgehead atoms. The van der Waals surface area contributed by atoms with Crippen LogP contribution in [0.5, 0.6) is 5.75 Å². The van der Waals surface area contributed by atoms with Gasteiger partial charge in [-0.1, -0.05) is 24.3 Å². The van der Waals surface area contributed by atoms with Crippen LogP contribution in [0, 0.1) is 11.3 Å². The predicted molar refractivity (Wildman–Crippen MR) is 166 cm³/mol. The fourth-order valence-corrected chi connectivity index (χ4v) is 4.71. The highest BCUT2D eigenvalue weighted by Gasteiger charge is 2.18. The Hall–Kier alpha value is -5.60. The highest BCUT2D eigenvalue weighted by atomic mass is 16.5. The summed E-state index contributed by atoms with van der Waals surface area (Å²) in [5.41, 5.74) is 4.00. The van der Waals surface area contributed by atoms with Crippen molar-refractivity contribution in [1.29, 1.82) is 5.26 Å². The number of hydrogen-bond donors (Lipinski definition) is 4. The number of nitrogens with one attached hydrogen (secondary N) is 4. The van der Waals surface area contributed by atoms with Gasteiger partial charge in [0.25, 0.3) is 11.8 Å². The van der Waals surface area contributed by atoms with Crippen LogP contribution in [0.2, 0.25) is 0 Å². The van der Waals surface area contributed by atoms with E-state index < -0.39 is 5.91 Å². The third kappa shape index (κ3) is 6.66. The Morgan fingerprint density at radius 2 is 1.58 bits per heavy atom. The second kappa shape index (κ2) is 13.4. The number of carbonyl (C=O) groups is 2. The van der Waals surface area contributed by atoms with Crippen LogP contribution in [0.4, 0.5) is 34.3 Å². The standard InChI is InChI=1S/C32H31N7O4/c1-34-31(40)23-7-3-6-10-26(23)38-32(41)24-8-4-5-9-25(24)36-28-18-30(35-20-21(28)19-33)37-27-12-11-22(17-29(27)42-2)39-13-15-43-16-14-39/h3-12,17-18,20H,13-16H2,1-2H3,(H,34,40)(H,38,41)(H2,35,36,37). The molecule has 0 aliphatic carbocycles. The Balaban J connectivity index is 1.39. The second-order valence-corrected chi connectivity index (χ2v) is 9.59. The van der Waals surface area contributed by atoms with E-state index >= 15 is 0 Å². The molecule has 1 aliphatic heterocycles. The lowest BCUT2D eigenvalue weighted by Crippen LogP contribution is -2.36. The summed E-state index contributed by atoms with van der Waals surface area (Å²) in [6, 6.07) is 23.4. The van der Waals surface area contributed by atoms with Crippen molar-refractivity contribution in [3.63, 3.8) is 0 Å². The van der Waals surface area contributed by atoms with Crippen LogP contribution in [-0.2, 0) is 4.74 Å². The minimum atomic E-state index is -0.421. The summed E-state index contributed by atoms with van der Waals surface area (Å²) in [4.78, 5) is 32.3. The van der Waals surface area contributed by atoms with E-state index in [-0.39, 0.29) is 5.91 Å². The Labute approximate surface area is 249 Å². The molecule has 1 aliphatic rings. The smallest absolute Gasteiger partial charge is 0.257 e. The lowest BCUT2D eigenvalue weighted by Gasteiger charge is -2.29. The highest BCUT2D eigenvalue weighted by Crippen LogP contribution is 2.33. The number of carbonyl (C=O) groups excluding carboxylic acids is 2. The molecule has 0 spiro atoms. The van der Waals surface area contributed by atoms with E-state index in [0.717, 1.165) is 18.8 Å². The van der Waals surface area contributed by atoms with E-state index in [9.17, 15) is 14.9 Å². The van der Waals surface area contributed by atoms with Crippen LogP contribution in [0.15, 0.2) is 79.0 Å². The lowest BCUT2D eigenvalue weighted by atomic mass is 10.1. The molecule has 11 nitrogen and oxygen atoms in total. The topological polar surface area (TPSA) is 141 Å². The van der Waals surface area contributed by atoms with E-state index in [1.165, 1.54) is 13.2 Å². The van der Waals surface area contributed by atoms with Gasteiger partial charge in [0.2, 0.25) is 0 Å². The van der Waals surface area contributed by atoms with Gasteiger partial charge in [-0.3, -0.25) is 9.59 Å².